The molecule has 0 aliphatic heterocycles. The summed E-state index contributed by atoms with van der Waals surface area (Å²) in [6, 6.07) is 6.67. The molecule has 1 rings (SSSR count). The Labute approximate surface area is 106 Å². The van der Waals surface area contributed by atoms with E-state index in [9.17, 15) is 9.59 Å². The van der Waals surface area contributed by atoms with Crippen LogP contribution in [0.15, 0.2) is 24.3 Å². The minimum atomic E-state index is -0.953. The van der Waals surface area contributed by atoms with E-state index < -0.39 is 12.0 Å². The molecule has 0 saturated heterocycles. The van der Waals surface area contributed by atoms with Gasteiger partial charge >= 0.3 is 5.97 Å². The quantitative estimate of drug-likeness (QED) is 0.711. The van der Waals surface area contributed by atoms with Gasteiger partial charge in [0.15, 0.2) is 0 Å². The summed E-state index contributed by atoms with van der Waals surface area (Å²) in [7, 11) is 0. The molecule has 5 heteroatoms. The van der Waals surface area contributed by atoms with Crippen LogP contribution in [-0.4, -0.2) is 23.0 Å². The number of benzene rings is 1. The van der Waals surface area contributed by atoms with Gasteiger partial charge < -0.3 is 16.2 Å². The molecule has 0 aromatic heterocycles. The second-order valence-electron chi connectivity index (χ2n) is 4.08. The first kappa shape index (κ1) is 14.2. The number of carboxylic acids is 1. The SMILES string of the molecule is CCc1ccc(NC(=O)C(N)CCC(=O)O)cc1. The predicted molar refractivity (Wildman–Crippen MR) is 69.3 cm³/mol. The lowest BCUT2D eigenvalue weighted by Crippen LogP contribution is -2.36. The van der Waals surface area contributed by atoms with Crippen LogP contribution in [0.25, 0.3) is 0 Å². The van der Waals surface area contributed by atoms with E-state index in [0.717, 1.165) is 6.42 Å². The van der Waals surface area contributed by atoms with E-state index in [0.29, 0.717) is 5.69 Å². The third-order valence-electron chi connectivity index (χ3n) is 2.64. The van der Waals surface area contributed by atoms with Gasteiger partial charge in [0, 0.05) is 12.1 Å². The van der Waals surface area contributed by atoms with Gasteiger partial charge in [-0.25, -0.2) is 0 Å². The Kier molecular flexibility index (Phi) is 5.32. The summed E-state index contributed by atoms with van der Waals surface area (Å²) >= 11 is 0. The van der Waals surface area contributed by atoms with Gasteiger partial charge in [-0.2, -0.15) is 0 Å². The predicted octanol–water partition coefficient (Wildman–Crippen LogP) is 1.38. The van der Waals surface area contributed by atoms with Crippen LogP contribution in [0.1, 0.15) is 25.3 Å². The maximum atomic E-state index is 11.7. The van der Waals surface area contributed by atoms with Crippen LogP contribution in [0.5, 0.6) is 0 Å². The molecular formula is C13H18N2O3. The van der Waals surface area contributed by atoms with E-state index in [-0.39, 0.29) is 18.7 Å². The summed E-state index contributed by atoms with van der Waals surface area (Å²) in [4.78, 5) is 22.0. The highest BCUT2D eigenvalue weighted by Gasteiger charge is 2.14. The van der Waals surface area contributed by atoms with Gasteiger partial charge in [0.05, 0.1) is 6.04 Å². The van der Waals surface area contributed by atoms with Gasteiger partial charge in [-0.3, -0.25) is 9.59 Å². The zero-order valence-corrected chi connectivity index (χ0v) is 10.3. The molecule has 0 aliphatic rings. The molecule has 0 spiro atoms. The van der Waals surface area contributed by atoms with Crippen LogP contribution < -0.4 is 11.1 Å². The number of carbonyl (C=O) groups excluding carboxylic acids is 1. The minimum absolute atomic E-state index is 0.108. The van der Waals surface area contributed by atoms with Crippen molar-refractivity contribution in [3.8, 4) is 0 Å². The van der Waals surface area contributed by atoms with Crippen molar-refractivity contribution in [3.05, 3.63) is 29.8 Å². The molecule has 4 N–H and O–H groups in total. The van der Waals surface area contributed by atoms with Crippen LogP contribution in [0.3, 0.4) is 0 Å². The Morgan fingerprint density at radius 2 is 1.94 bits per heavy atom. The van der Waals surface area contributed by atoms with Gasteiger partial charge in [-0.1, -0.05) is 19.1 Å². The summed E-state index contributed by atoms with van der Waals surface area (Å²) in [5, 5.41) is 11.2. The number of carbonyl (C=O) groups is 2. The molecule has 0 radical (unpaired) electrons. The molecule has 0 aliphatic carbocycles. The van der Waals surface area contributed by atoms with Gasteiger partial charge in [0.1, 0.15) is 0 Å². The molecule has 98 valence electrons. The van der Waals surface area contributed by atoms with Gasteiger partial charge in [0.25, 0.3) is 0 Å². The van der Waals surface area contributed by atoms with E-state index in [4.69, 9.17) is 10.8 Å². The van der Waals surface area contributed by atoms with Crippen LogP contribution in [0.4, 0.5) is 5.69 Å². The van der Waals surface area contributed by atoms with Crippen molar-refractivity contribution in [3.63, 3.8) is 0 Å². The molecule has 1 unspecified atom stereocenters. The highest BCUT2D eigenvalue weighted by molar-refractivity contribution is 5.94. The molecule has 5 nitrogen and oxygen atoms in total. The maximum absolute atomic E-state index is 11.7. The average molecular weight is 250 g/mol. The summed E-state index contributed by atoms with van der Waals surface area (Å²) in [5.74, 6) is -1.31. The summed E-state index contributed by atoms with van der Waals surface area (Å²) in [5.41, 5.74) is 7.45. The summed E-state index contributed by atoms with van der Waals surface area (Å²) < 4.78 is 0. The van der Waals surface area contributed by atoms with Crippen LogP contribution in [-0.2, 0) is 16.0 Å². The average Bonchev–Trinajstić information content (AvgIpc) is 2.36. The van der Waals surface area contributed by atoms with Crippen molar-refractivity contribution in [2.45, 2.75) is 32.2 Å². The molecule has 0 heterocycles. The Hall–Kier alpha value is -1.88. The minimum Gasteiger partial charge on any atom is -0.481 e. The van der Waals surface area contributed by atoms with Crippen molar-refractivity contribution in [1.82, 2.24) is 0 Å². The molecule has 1 atom stereocenters. The van der Waals surface area contributed by atoms with Crippen molar-refractivity contribution in [1.29, 1.82) is 0 Å². The van der Waals surface area contributed by atoms with E-state index in [1.54, 1.807) is 12.1 Å². The first-order chi connectivity index (χ1) is 8.52. The fourth-order valence-corrected chi connectivity index (χ4v) is 1.47. The Morgan fingerprint density at radius 3 is 2.44 bits per heavy atom. The summed E-state index contributed by atoms with van der Waals surface area (Å²) in [6.45, 7) is 2.05. The van der Waals surface area contributed by atoms with E-state index in [2.05, 4.69) is 12.2 Å². The third kappa shape index (κ3) is 4.55. The monoisotopic (exact) mass is 250 g/mol. The second kappa shape index (κ2) is 6.76. The van der Waals surface area contributed by atoms with Crippen LogP contribution in [0, 0.1) is 0 Å². The summed E-state index contributed by atoms with van der Waals surface area (Å²) in [6.07, 6.45) is 0.962. The number of nitrogens with two attached hydrogens (primary N) is 1. The highest BCUT2D eigenvalue weighted by atomic mass is 16.4. The maximum Gasteiger partial charge on any atom is 0.303 e. The van der Waals surface area contributed by atoms with Crippen molar-refractivity contribution in [2.75, 3.05) is 5.32 Å². The first-order valence-electron chi connectivity index (χ1n) is 5.90. The zero-order valence-electron chi connectivity index (χ0n) is 10.3. The number of amides is 1. The number of hydrogen-bond acceptors (Lipinski definition) is 3. The van der Waals surface area contributed by atoms with E-state index >= 15 is 0 Å². The number of anilines is 1. The number of aliphatic carboxylic acids is 1. The van der Waals surface area contributed by atoms with Crippen molar-refractivity contribution < 1.29 is 14.7 Å². The number of hydrogen-bond donors (Lipinski definition) is 3. The van der Waals surface area contributed by atoms with Crippen LogP contribution >= 0.6 is 0 Å². The van der Waals surface area contributed by atoms with Crippen molar-refractivity contribution >= 4 is 17.6 Å². The third-order valence-corrected chi connectivity index (χ3v) is 2.64. The molecule has 0 saturated carbocycles. The normalized spacial score (nSPS) is 11.9. The fourth-order valence-electron chi connectivity index (χ4n) is 1.47. The van der Waals surface area contributed by atoms with E-state index in [1.807, 2.05) is 12.1 Å². The van der Waals surface area contributed by atoms with Crippen LogP contribution in [0.2, 0.25) is 0 Å². The Balaban J connectivity index is 2.49. The number of nitrogens with one attached hydrogen (secondary N) is 1. The first-order valence-corrected chi connectivity index (χ1v) is 5.90. The largest absolute Gasteiger partial charge is 0.481 e. The standard InChI is InChI=1S/C13H18N2O3/c1-2-9-3-5-10(6-4-9)15-13(18)11(14)7-8-12(16)17/h3-6,11H,2,7-8,14H2,1H3,(H,15,18)(H,16,17). The topological polar surface area (TPSA) is 92.4 Å². The molecule has 1 amide bonds. The number of carboxylic acid groups (broad SMARTS) is 1. The van der Waals surface area contributed by atoms with Gasteiger partial charge in [-0.05, 0) is 30.5 Å². The second-order valence-corrected chi connectivity index (χ2v) is 4.08. The molecular weight excluding hydrogens is 232 g/mol. The van der Waals surface area contributed by atoms with Gasteiger partial charge in [0.2, 0.25) is 5.91 Å². The highest BCUT2D eigenvalue weighted by Crippen LogP contribution is 2.10. The lowest BCUT2D eigenvalue weighted by molar-refractivity contribution is -0.137. The lowest BCUT2D eigenvalue weighted by atomic mass is 10.1. The molecule has 1 aromatic carbocycles. The van der Waals surface area contributed by atoms with Crippen molar-refractivity contribution in [2.24, 2.45) is 5.73 Å². The Bertz CT molecular complexity index is 415. The zero-order chi connectivity index (χ0) is 13.5. The number of rotatable bonds is 6. The molecule has 0 bridgehead atoms. The number of aryl methyl sites for hydroxylation is 1. The van der Waals surface area contributed by atoms with Gasteiger partial charge in [-0.15, -0.1) is 0 Å². The Morgan fingerprint density at radius 1 is 1.33 bits per heavy atom. The molecule has 1 aromatic rings. The fraction of sp³-hybridized carbons (Fsp3) is 0.385. The smallest absolute Gasteiger partial charge is 0.303 e. The molecule has 0 fully saturated rings. The molecule has 18 heavy (non-hydrogen) atoms. The van der Waals surface area contributed by atoms with E-state index in [1.165, 1.54) is 5.56 Å². The lowest BCUT2D eigenvalue weighted by Gasteiger charge is -2.11.